The van der Waals surface area contributed by atoms with E-state index in [0.717, 1.165) is 12.7 Å². The number of likely N-dealkylation sites (N-methyl/N-ethyl adjacent to an activating group) is 1. The molecule has 1 aromatic carbocycles. The number of nitro groups is 1. The number of nitrogens with zero attached hydrogens (tertiary/aromatic N) is 2. The highest BCUT2D eigenvalue weighted by Crippen LogP contribution is 2.29. The SMILES string of the molecule is CN(CCOCC1CC1)c1ccc([N+](=O)[O-])cc1C(=O)O. The summed E-state index contributed by atoms with van der Waals surface area (Å²) in [6.45, 7) is 1.79. The Kier molecular flexibility index (Phi) is 4.74. The summed E-state index contributed by atoms with van der Waals surface area (Å²) >= 11 is 0. The van der Waals surface area contributed by atoms with Gasteiger partial charge in [0.15, 0.2) is 0 Å². The summed E-state index contributed by atoms with van der Waals surface area (Å²) in [6, 6.07) is 3.85. The zero-order valence-corrected chi connectivity index (χ0v) is 11.8. The largest absolute Gasteiger partial charge is 0.478 e. The van der Waals surface area contributed by atoms with E-state index >= 15 is 0 Å². The second kappa shape index (κ2) is 6.53. The lowest BCUT2D eigenvalue weighted by molar-refractivity contribution is -0.384. The second-order valence-electron chi connectivity index (χ2n) is 5.20. The van der Waals surface area contributed by atoms with Gasteiger partial charge in [-0.3, -0.25) is 10.1 Å². The fourth-order valence-electron chi connectivity index (χ4n) is 2.00. The summed E-state index contributed by atoms with van der Waals surface area (Å²) in [6.07, 6.45) is 2.45. The van der Waals surface area contributed by atoms with Gasteiger partial charge in [0, 0.05) is 32.3 Å². The zero-order valence-electron chi connectivity index (χ0n) is 11.8. The predicted molar refractivity (Wildman–Crippen MR) is 76.9 cm³/mol. The van der Waals surface area contributed by atoms with Crippen molar-refractivity contribution in [3.8, 4) is 0 Å². The topological polar surface area (TPSA) is 92.9 Å². The van der Waals surface area contributed by atoms with Crippen molar-refractivity contribution in [3.05, 3.63) is 33.9 Å². The number of non-ortho nitro benzene ring substituents is 1. The molecule has 7 nitrogen and oxygen atoms in total. The zero-order chi connectivity index (χ0) is 15.4. The number of ether oxygens (including phenoxy) is 1. The number of rotatable bonds is 8. The van der Waals surface area contributed by atoms with E-state index in [1.165, 1.54) is 25.0 Å². The van der Waals surface area contributed by atoms with Crippen molar-refractivity contribution in [1.29, 1.82) is 0 Å². The highest BCUT2D eigenvalue weighted by molar-refractivity contribution is 5.95. The molecule has 7 heteroatoms. The van der Waals surface area contributed by atoms with Crippen molar-refractivity contribution in [1.82, 2.24) is 0 Å². The monoisotopic (exact) mass is 294 g/mol. The fraction of sp³-hybridized carbons (Fsp3) is 0.500. The van der Waals surface area contributed by atoms with Crippen LogP contribution in [-0.4, -0.2) is 42.8 Å². The Bertz CT molecular complexity index is 542. The Morgan fingerprint density at radius 3 is 2.81 bits per heavy atom. The molecule has 1 fully saturated rings. The first-order chi connectivity index (χ1) is 9.99. The third-order valence-corrected chi connectivity index (χ3v) is 3.45. The lowest BCUT2D eigenvalue weighted by Gasteiger charge is -2.21. The Labute approximate surface area is 122 Å². The number of benzene rings is 1. The Balaban J connectivity index is 2.01. The summed E-state index contributed by atoms with van der Waals surface area (Å²) in [5.41, 5.74) is 0.145. The quantitative estimate of drug-likeness (QED) is 0.448. The van der Waals surface area contributed by atoms with Gasteiger partial charge in [0.1, 0.15) is 0 Å². The van der Waals surface area contributed by atoms with Gasteiger partial charge in [0.05, 0.1) is 22.8 Å². The fourth-order valence-corrected chi connectivity index (χ4v) is 2.00. The Morgan fingerprint density at radius 2 is 2.24 bits per heavy atom. The summed E-state index contributed by atoms with van der Waals surface area (Å²) in [5.74, 6) is -0.497. The third kappa shape index (κ3) is 4.16. The molecule has 0 aromatic heterocycles. The molecule has 2 rings (SSSR count). The molecule has 0 unspecified atom stereocenters. The van der Waals surface area contributed by atoms with Gasteiger partial charge in [0.25, 0.3) is 5.69 Å². The maximum absolute atomic E-state index is 11.2. The van der Waals surface area contributed by atoms with Crippen LogP contribution < -0.4 is 4.90 Å². The molecule has 1 N–H and O–H groups in total. The number of carboxylic acid groups (broad SMARTS) is 1. The molecular weight excluding hydrogens is 276 g/mol. The summed E-state index contributed by atoms with van der Waals surface area (Å²) < 4.78 is 5.51. The highest BCUT2D eigenvalue weighted by atomic mass is 16.6. The molecule has 21 heavy (non-hydrogen) atoms. The first-order valence-electron chi connectivity index (χ1n) is 6.79. The number of aromatic carboxylic acids is 1. The Morgan fingerprint density at radius 1 is 1.52 bits per heavy atom. The van der Waals surface area contributed by atoms with E-state index in [2.05, 4.69) is 0 Å². The van der Waals surface area contributed by atoms with Gasteiger partial charge < -0.3 is 14.7 Å². The second-order valence-corrected chi connectivity index (χ2v) is 5.20. The minimum absolute atomic E-state index is 0.0751. The van der Waals surface area contributed by atoms with Crippen LogP contribution in [0.1, 0.15) is 23.2 Å². The average molecular weight is 294 g/mol. The van der Waals surface area contributed by atoms with Crippen LogP contribution in [-0.2, 0) is 4.74 Å². The molecule has 1 aliphatic carbocycles. The molecule has 0 bridgehead atoms. The Hall–Kier alpha value is -2.15. The molecule has 0 amide bonds. The first kappa shape index (κ1) is 15.2. The van der Waals surface area contributed by atoms with Crippen molar-refractivity contribution in [3.63, 3.8) is 0 Å². The number of carbonyl (C=O) groups is 1. The maximum Gasteiger partial charge on any atom is 0.338 e. The van der Waals surface area contributed by atoms with Crippen LogP contribution in [0.3, 0.4) is 0 Å². The molecular formula is C14H18N2O5. The third-order valence-electron chi connectivity index (χ3n) is 3.45. The molecule has 1 aromatic rings. The van der Waals surface area contributed by atoms with E-state index in [-0.39, 0.29) is 11.3 Å². The minimum atomic E-state index is -1.18. The van der Waals surface area contributed by atoms with Crippen molar-refractivity contribution in [2.75, 3.05) is 31.7 Å². The average Bonchev–Trinajstić information content (AvgIpc) is 3.26. The van der Waals surface area contributed by atoms with E-state index in [1.807, 2.05) is 0 Å². The minimum Gasteiger partial charge on any atom is -0.478 e. The number of anilines is 1. The molecule has 114 valence electrons. The first-order valence-corrected chi connectivity index (χ1v) is 6.79. The van der Waals surface area contributed by atoms with Crippen LogP contribution in [0.2, 0.25) is 0 Å². The smallest absolute Gasteiger partial charge is 0.338 e. The summed E-state index contributed by atoms with van der Waals surface area (Å²) in [4.78, 5) is 23.1. The van der Waals surface area contributed by atoms with Gasteiger partial charge in [-0.2, -0.15) is 0 Å². The predicted octanol–water partition coefficient (Wildman–Crippen LogP) is 2.16. The number of nitro benzene ring substituents is 1. The molecule has 0 radical (unpaired) electrons. The van der Waals surface area contributed by atoms with Crippen LogP contribution >= 0.6 is 0 Å². The summed E-state index contributed by atoms with van der Waals surface area (Å²) in [7, 11) is 1.74. The molecule has 1 aliphatic rings. The van der Waals surface area contributed by atoms with E-state index < -0.39 is 10.9 Å². The highest BCUT2D eigenvalue weighted by Gasteiger charge is 2.21. The van der Waals surface area contributed by atoms with Crippen LogP contribution in [0.15, 0.2) is 18.2 Å². The molecule has 0 atom stereocenters. The van der Waals surface area contributed by atoms with E-state index in [0.29, 0.717) is 24.8 Å². The summed E-state index contributed by atoms with van der Waals surface area (Å²) in [5, 5.41) is 19.9. The van der Waals surface area contributed by atoms with Crippen molar-refractivity contribution < 1.29 is 19.6 Å². The lowest BCUT2D eigenvalue weighted by atomic mass is 10.1. The van der Waals surface area contributed by atoms with Gasteiger partial charge in [-0.15, -0.1) is 0 Å². The molecule has 0 spiro atoms. The molecule has 0 heterocycles. The number of carboxylic acids is 1. The van der Waals surface area contributed by atoms with Crippen LogP contribution in [0, 0.1) is 16.0 Å². The van der Waals surface area contributed by atoms with Crippen molar-refractivity contribution in [2.45, 2.75) is 12.8 Å². The standard InChI is InChI=1S/C14H18N2O5/c1-15(6-7-21-9-10-2-3-10)13-5-4-11(16(19)20)8-12(13)14(17)18/h4-5,8,10H,2-3,6-7,9H2,1H3,(H,17,18). The van der Waals surface area contributed by atoms with Crippen LogP contribution in [0.5, 0.6) is 0 Å². The normalized spacial score (nSPS) is 14.0. The molecule has 0 aliphatic heterocycles. The number of hydrogen-bond donors (Lipinski definition) is 1. The molecule has 0 saturated heterocycles. The van der Waals surface area contributed by atoms with Crippen molar-refractivity contribution in [2.24, 2.45) is 5.92 Å². The molecule has 1 saturated carbocycles. The van der Waals surface area contributed by atoms with E-state index in [1.54, 1.807) is 11.9 Å². The van der Waals surface area contributed by atoms with Crippen molar-refractivity contribution >= 4 is 17.3 Å². The lowest BCUT2D eigenvalue weighted by Crippen LogP contribution is -2.25. The number of hydrogen-bond acceptors (Lipinski definition) is 5. The maximum atomic E-state index is 11.2. The van der Waals surface area contributed by atoms with E-state index in [9.17, 15) is 20.0 Å². The van der Waals surface area contributed by atoms with Gasteiger partial charge in [-0.1, -0.05) is 0 Å². The van der Waals surface area contributed by atoms with Gasteiger partial charge in [-0.05, 0) is 24.8 Å². The van der Waals surface area contributed by atoms with Crippen LogP contribution in [0.25, 0.3) is 0 Å². The van der Waals surface area contributed by atoms with E-state index in [4.69, 9.17) is 4.74 Å². The van der Waals surface area contributed by atoms with Gasteiger partial charge in [0.2, 0.25) is 0 Å². The van der Waals surface area contributed by atoms with Gasteiger partial charge >= 0.3 is 5.97 Å². The van der Waals surface area contributed by atoms with Crippen LogP contribution in [0.4, 0.5) is 11.4 Å². The van der Waals surface area contributed by atoms with Gasteiger partial charge in [-0.25, -0.2) is 4.79 Å².